The Labute approximate surface area is 139 Å². The Morgan fingerprint density at radius 1 is 1.27 bits per heavy atom. The summed E-state index contributed by atoms with van der Waals surface area (Å²) in [5.41, 5.74) is 2.41. The highest BCUT2D eigenvalue weighted by atomic mass is 35.5. The third-order valence-electron chi connectivity index (χ3n) is 4.25. The van der Waals surface area contributed by atoms with Gasteiger partial charge >= 0.3 is 0 Å². The van der Waals surface area contributed by atoms with Crippen LogP contribution in [0.4, 0.5) is 4.39 Å². The average Bonchev–Trinajstić information content (AvgIpc) is 2.52. The molecule has 0 unspecified atom stereocenters. The molecule has 1 aliphatic rings. The molecule has 5 heteroatoms. The summed E-state index contributed by atoms with van der Waals surface area (Å²) < 4.78 is 18.6. The second-order valence-electron chi connectivity index (χ2n) is 5.94. The molecule has 1 N–H and O–H groups in total. The maximum Gasteiger partial charge on any atom is 0.123 e. The van der Waals surface area contributed by atoms with Gasteiger partial charge in [0.05, 0.1) is 13.8 Å². The molecular formula is C17H28ClFN2O. The minimum atomic E-state index is -0.302. The van der Waals surface area contributed by atoms with E-state index in [1.54, 1.807) is 7.11 Å². The average molecular weight is 331 g/mol. The van der Waals surface area contributed by atoms with Gasteiger partial charge in [-0.2, -0.15) is 0 Å². The van der Waals surface area contributed by atoms with E-state index in [-0.39, 0.29) is 25.1 Å². The zero-order valence-corrected chi connectivity index (χ0v) is 14.6. The van der Waals surface area contributed by atoms with Crippen molar-refractivity contribution in [2.24, 2.45) is 0 Å². The van der Waals surface area contributed by atoms with Crippen molar-refractivity contribution in [3.8, 4) is 5.75 Å². The van der Waals surface area contributed by atoms with Gasteiger partial charge in [-0.3, -0.25) is 9.29 Å². The van der Waals surface area contributed by atoms with Crippen LogP contribution in [0, 0.1) is 0 Å². The lowest BCUT2D eigenvalue weighted by Crippen LogP contribution is -2.45. The van der Waals surface area contributed by atoms with Crippen LogP contribution in [0.2, 0.25) is 0 Å². The van der Waals surface area contributed by atoms with Crippen molar-refractivity contribution in [3.05, 3.63) is 29.3 Å². The second-order valence-corrected chi connectivity index (χ2v) is 5.94. The lowest BCUT2D eigenvalue weighted by molar-refractivity contribution is 0.155. The maximum absolute atomic E-state index is 13.1. The molecule has 0 bridgehead atoms. The molecule has 1 aliphatic heterocycles. The van der Waals surface area contributed by atoms with Crippen molar-refractivity contribution in [1.29, 1.82) is 0 Å². The molecule has 3 nitrogen and oxygen atoms in total. The van der Waals surface area contributed by atoms with E-state index in [0.717, 1.165) is 37.5 Å². The van der Waals surface area contributed by atoms with E-state index in [1.165, 1.54) is 5.56 Å². The van der Waals surface area contributed by atoms with Crippen LogP contribution in [0.15, 0.2) is 18.2 Å². The topological polar surface area (TPSA) is 24.5 Å². The molecule has 0 aromatic heterocycles. The van der Waals surface area contributed by atoms with Gasteiger partial charge in [0.25, 0.3) is 0 Å². The molecule has 1 heterocycles. The van der Waals surface area contributed by atoms with Gasteiger partial charge in [-0.25, -0.2) is 0 Å². The van der Waals surface area contributed by atoms with Crippen molar-refractivity contribution >= 4 is 12.4 Å². The number of alkyl halides is 1. The Hall–Kier alpha value is -0.840. The summed E-state index contributed by atoms with van der Waals surface area (Å²) in [6.07, 6.45) is 0.526. The standard InChI is InChI=1S/C17H27FN2O.ClH/c1-13(2)14-4-5-17(21-3)15(12-14)16(6-7-18)20-10-8-19-9-11-20;/h4-5,12-13,16,19H,6-11H2,1-3H3;1H/t16-;/m0./s1. The van der Waals surface area contributed by atoms with Gasteiger partial charge in [0.2, 0.25) is 0 Å². The normalized spacial score (nSPS) is 17.1. The van der Waals surface area contributed by atoms with Crippen molar-refractivity contribution in [2.75, 3.05) is 40.0 Å². The van der Waals surface area contributed by atoms with Crippen LogP contribution in [-0.2, 0) is 0 Å². The van der Waals surface area contributed by atoms with Gasteiger partial charge < -0.3 is 10.1 Å². The molecule has 1 fully saturated rings. The van der Waals surface area contributed by atoms with Crippen LogP contribution < -0.4 is 10.1 Å². The van der Waals surface area contributed by atoms with E-state index in [1.807, 2.05) is 6.07 Å². The highest BCUT2D eigenvalue weighted by Gasteiger charge is 2.25. The minimum Gasteiger partial charge on any atom is -0.496 e. The molecule has 22 heavy (non-hydrogen) atoms. The first-order chi connectivity index (χ1) is 10.2. The molecule has 0 spiro atoms. The number of rotatable bonds is 6. The van der Waals surface area contributed by atoms with Crippen molar-refractivity contribution < 1.29 is 9.13 Å². The Kier molecular flexibility index (Phi) is 8.15. The van der Waals surface area contributed by atoms with E-state index < -0.39 is 0 Å². The van der Waals surface area contributed by atoms with E-state index in [4.69, 9.17) is 4.74 Å². The molecule has 126 valence electrons. The first-order valence-electron chi connectivity index (χ1n) is 7.86. The van der Waals surface area contributed by atoms with Gasteiger partial charge in [0.15, 0.2) is 0 Å². The van der Waals surface area contributed by atoms with Crippen molar-refractivity contribution in [3.63, 3.8) is 0 Å². The number of ether oxygens (including phenoxy) is 1. The molecule has 0 amide bonds. The summed E-state index contributed by atoms with van der Waals surface area (Å²) in [7, 11) is 1.69. The molecule has 2 rings (SSSR count). The summed E-state index contributed by atoms with van der Waals surface area (Å²) >= 11 is 0. The number of nitrogens with one attached hydrogen (secondary N) is 1. The Bertz CT molecular complexity index is 450. The molecule has 1 aromatic rings. The van der Waals surface area contributed by atoms with Crippen LogP contribution in [-0.4, -0.2) is 44.9 Å². The Morgan fingerprint density at radius 2 is 1.95 bits per heavy atom. The highest BCUT2D eigenvalue weighted by Crippen LogP contribution is 2.34. The SMILES string of the molecule is COc1ccc(C(C)C)cc1[C@H](CCF)N1CCNCC1.Cl. The van der Waals surface area contributed by atoms with Crippen LogP contribution in [0.3, 0.4) is 0 Å². The fourth-order valence-corrected chi connectivity index (χ4v) is 3.00. The largest absolute Gasteiger partial charge is 0.496 e. The lowest BCUT2D eigenvalue weighted by Gasteiger charge is -2.35. The zero-order chi connectivity index (χ0) is 15.2. The second kappa shape index (κ2) is 9.33. The van der Waals surface area contributed by atoms with E-state index >= 15 is 0 Å². The van der Waals surface area contributed by atoms with Gasteiger partial charge in [0.1, 0.15) is 5.75 Å². The lowest BCUT2D eigenvalue weighted by atomic mass is 9.94. The van der Waals surface area contributed by atoms with Gasteiger partial charge in [0, 0.05) is 37.8 Å². The fourth-order valence-electron chi connectivity index (χ4n) is 3.00. The molecule has 1 aromatic carbocycles. The molecular weight excluding hydrogens is 303 g/mol. The van der Waals surface area contributed by atoms with Crippen molar-refractivity contribution in [1.82, 2.24) is 10.2 Å². The number of hydrogen-bond acceptors (Lipinski definition) is 3. The summed E-state index contributed by atoms with van der Waals surface area (Å²) in [5, 5.41) is 3.35. The molecule has 1 saturated heterocycles. The number of benzene rings is 1. The minimum absolute atomic E-state index is 0. The van der Waals surface area contributed by atoms with Gasteiger partial charge in [-0.1, -0.05) is 26.0 Å². The van der Waals surface area contributed by atoms with E-state index in [2.05, 4.69) is 36.2 Å². The van der Waals surface area contributed by atoms with Gasteiger partial charge in [-0.15, -0.1) is 12.4 Å². The van der Waals surface area contributed by atoms with Crippen LogP contribution in [0.5, 0.6) is 5.75 Å². The number of halogens is 2. The quantitative estimate of drug-likeness (QED) is 0.863. The fraction of sp³-hybridized carbons (Fsp3) is 0.647. The maximum atomic E-state index is 13.1. The number of methoxy groups -OCH3 is 1. The summed E-state index contributed by atoms with van der Waals surface area (Å²) in [6, 6.07) is 6.44. The Balaban J connectivity index is 0.00000242. The number of hydrogen-bond donors (Lipinski definition) is 1. The first-order valence-corrected chi connectivity index (χ1v) is 7.86. The predicted octanol–water partition coefficient (Wildman–Crippen LogP) is 3.55. The summed E-state index contributed by atoms with van der Waals surface area (Å²) in [6.45, 7) is 7.91. The molecule has 0 saturated carbocycles. The van der Waals surface area contributed by atoms with Crippen LogP contribution in [0.25, 0.3) is 0 Å². The summed E-state index contributed by atoms with van der Waals surface area (Å²) in [5.74, 6) is 1.33. The van der Waals surface area contributed by atoms with E-state index in [9.17, 15) is 4.39 Å². The Morgan fingerprint density at radius 3 is 2.50 bits per heavy atom. The predicted molar refractivity (Wildman–Crippen MR) is 92.1 cm³/mol. The number of piperazine rings is 1. The van der Waals surface area contributed by atoms with Crippen molar-refractivity contribution in [2.45, 2.75) is 32.2 Å². The molecule has 0 aliphatic carbocycles. The zero-order valence-electron chi connectivity index (χ0n) is 13.8. The summed E-state index contributed by atoms with van der Waals surface area (Å²) in [4.78, 5) is 2.37. The van der Waals surface area contributed by atoms with Crippen LogP contribution in [0.1, 0.15) is 43.4 Å². The number of nitrogens with zero attached hydrogens (tertiary/aromatic N) is 1. The van der Waals surface area contributed by atoms with E-state index in [0.29, 0.717) is 12.3 Å². The smallest absolute Gasteiger partial charge is 0.123 e. The third-order valence-corrected chi connectivity index (χ3v) is 4.25. The molecule has 1 atom stereocenters. The third kappa shape index (κ3) is 4.58. The molecule has 0 radical (unpaired) electrons. The van der Waals surface area contributed by atoms with Crippen LogP contribution >= 0.6 is 12.4 Å². The monoisotopic (exact) mass is 330 g/mol. The first kappa shape index (κ1) is 19.2. The van der Waals surface area contributed by atoms with Gasteiger partial charge in [-0.05, 0) is 24.0 Å². The highest BCUT2D eigenvalue weighted by molar-refractivity contribution is 5.85.